The molecular formula is C11H19N3O2S. The average Bonchev–Trinajstić information content (AvgIpc) is 2.32. The Morgan fingerprint density at radius 1 is 1.47 bits per heavy atom. The normalized spacial score (nSPS) is 12.5. The van der Waals surface area contributed by atoms with Crippen molar-refractivity contribution in [3.8, 4) is 0 Å². The van der Waals surface area contributed by atoms with E-state index in [1.165, 1.54) is 11.8 Å². The lowest BCUT2D eigenvalue weighted by molar-refractivity contribution is 0.113. The third-order valence-electron chi connectivity index (χ3n) is 2.00. The first-order chi connectivity index (χ1) is 8.15. The molecule has 0 fully saturated rings. The van der Waals surface area contributed by atoms with Crippen LogP contribution in [0.5, 0.6) is 0 Å². The van der Waals surface area contributed by atoms with Crippen LogP contribution in [0.2, 0.25) is 0 Å². The second-order valence-electron chi connectivity index (χ2n) is 3.75. The van der Waals surface area contributed by atoms with Crippen molar-refractivity contribution in [1.29, 1.82) is 0 Å². The molecule has 6 heteroatoms. The summed E-state index contributed by atoms with van der Waals surface area (Å²) < 4.78 is 0. The number of aliphatic hydroxyl groups excluding tert-OH is 2. The van der Waals surface area contributed by atoms with E-state index < -0.39 is 6.10 Å². The molecule has 5 nitrogen and oxygen atoms in total. The molecule has 1 aromatic heterocycles. The van der Waals surface area contributed by atoms with E-state index in [2.05, 4.69) is 22.2 Å². The van der Waals surface area contributed by atoms with Gasteiger partial charge in [-0.3, -0.25) is 0 Å². The Morgan fingerprint density at radius 2 is 2.24 bits per heavy atom. The van der Waals surface area contributed by atoms with Crippen molar-refractivity contribution >= 4 is 17.7 Å². The number of thioether (sulfide) groups is 1. The monoisotopic (exact) mass is 257 g/mol. The van der Waals surface area contributed by atoms with Crippen molar-refractivity contribution in [2.45, 2.75) is 31.4 Å². The summed E-state index contributed by atoms with van der Waals surface area (Å²) in [6, 6.07) is 1.87. The summed E-state index contributed by atoms with van der Waals surface area (Å²) in [6.45, 7) is 4.60. The van der Waals surface area contributed by atoms with Gasteiger partial charge in [-0.2, -0.15) is 0 Å². The number of aromatic nitrogens is 2. The van der Waals surface area contributed by atoms with Crippen molar-refractivity contribution in [3.05, 3.63) is 11.8 Å². The average molecular weight is 257 g/mol. The lowest BCUT2D eigenvalue weighted by Gasteiger charge is -2.08. The molecule has 96 valence electrons. The van der Waals surface area contributed by atoms with E-state index in [1.54, 1.807) is 0 Å². The molecule has 0 spiro atoms. The third-order valence-corrected chi connectivity index (χ3v) is 3.05. The van der Waals surface area contributed by atoms with Crippen molar-refractivity contribution in [1.82, 2.24) is 9.97 Å². The number of rotatable bonds is 7. The zero-order valence-corrected chi connectivity index (χ0v) is 11.0. The molecule has 0 saturated carbocycles. The highest BCUT2D eigenvalue weighted by molar-refractivity contribution is 7.99. The largest absolute Gasteiger partial charge is 0.394 e. The number of aryl methyl sites for hydroxylation is 1. The number of anilines is 1. The van der Waals surface area contributed by atoms with Crippen LogP contribution in [-0.2, 0) is 0 Å². The first kappa shape index (κ1) is 14.2. The topological polar surface area (TPSA) is 78.3 Å². The summed E-state index contributed by atoms with van der Waals surface area (Å²) in [7, 11) is 0. The number of aliphatic hydroxyl groups is 2. The van der Waals surface area contributed by atoms with Gasteiger partial charge in [0.2, 0.25) is 5.95 Å². The standard InChI is InChI=1S/C11H19N3O2S/c1-3-4-12-11-13-8(2)5-10(14-11)17-7-9(16)6-15/h5,9,15-16H,3-4,6-7H2,1-2H3,(H,12,13,14). The highest BCUT2D eigenvalue weighted by atomic mass is 32.2. The molecule has 0 saturated heterocycles. The van der Waals surface area contributed by atoms with Gasteiger partial charge in [0.05, 0.1) is 12.7 Å². The SMILES string of the molecule is CCCNc1nc(C)cc(SCC(O)CO)n1. The second kappa shape index (κ2) is 7.47. The maximum atomic E-state index is 9.27. The van der Waals surface area contributed by atoms with Gasteiger partial charge in [0.15, 0.2) is 0 Å². The minimum Gasteiger partial charge on any atom is -0.394 e. The Kier molecular flexibility index (Phi) is 6.25. The Labute approximate surface area is 106 Å². The molecule has 3 N–H and O–H groups in total. The predicted molar refractivity (Wildman–Crippen MR) is 69.4 cm³/mol. The lowest BCUT2D eigenvalue weighted by atomic mass is 10.4. The van der Waals surface area contributed by atoms with Gasteiger partial charge in [-0.1, -0.05) is 6.92 Å². The van der Waals surface area contributed by atoms with Crippen LogP contribution < -0.4 is 5.32 Å². The first-order valence-electron chi connectivity index (χ1n) is 5.67. The van der Waals surface area contributed by atoms with Crippen molar-refractivity contribution in [2.75, 3.05) is 24.2 Å². The smallest absolute Gasteiger partial charge is 0.223 e. The molecule has 1 atom stereocenters. The van der Waals surface area contributed by atoms with Crippen LogP contribution in [0.25, 0.3) is 0 Å². The fourth-order valence-corrected chi connectivity index (χ4v) is 2.04. The summed E-state index contributed by atoms with van der Waals surface area (Å²) in [5.41, 5.74) is 0.889. The van der Waals surface area contributed by atoms with E-state index in [-0.39, 0.29) is 6.61 Å². The molecule has 1 aromatic rings. The number of hydrogen-bond acceptors (Lipinski definition) is 6. The van der Waals surface area contributed by atoms with Gasteiger partial charge in [-0.15, -0.1) is 11.8 Å². The van der Waals surface area contributed by atoms with Crippen LogP contribution >= 0.6 is 11.8 Å². The zero-order chi connectivity index (χ0) is 12.7. The summed E-state index contributed by atoms with van der Waals surface area (Å²) in [5.74, 6) is 1.05. The molecular weight excluding hydrogens is 238 g/mol. The molecule has 17 heavy (non-hydrogen) atoms. The summed E-state index contributed by atoms with van der Waals surface area (Å²) in [4.78, 5) is 8.60. The molecule has 0 aromatic carbocycles. The first-order valence-corrected chi connectivity index (χ1v) is 6.65. The van der Waals surface area contributed by atoms with E-state index in [9.17, 15) is 5.11 Å². The summed E-state index contributed by atoms with van der Waals surface area (Å²) in [6.07, 6.45) is 0.311. The van der Waals surface area contributed by atoms with Gasteiger partial charge < -0.3 is 15.5 Å². The second-order valence-corrected chi connectivity index (χ2v) is 4.79. The van der Waals surface area contributed by atoms with Crippen molar-refractivity contribution < 1.29 is 10.2 Å². The van der Waals surface area contributed by atoms with Crippen LogP contribution in [0.4, 0.5) is 5.95 Å². The number of nitrogens with zero attached hydrogens (tertiary/aromatic N) is 2. The zero-order valence-electron chi connectivity index (χ0n) is 10.2. The Morgan fingerprint density at radius 3 is 2.88 bits per heavy atom. The Balaban J connectivity index is 2.61. The van der Waals surface area contributed by atoms with Gasteiger partial charge >= 0.3 is 0 Å². The highest BCUT2D eigenvalue weighted by Gasteiger charge is 2.06. The molecule has 0 amide bonds. The third kappa shape index (κ3) is 5.34. The van der Waals surface area contributed by atoms with Crippen LogP contribution in [0.15, 0.2) is 11.1 Å². The highest BCUT2D eigenvalue weighted by Crippen LogP contribution is 2.18. The maximum Gasteiger partial charge on any atom is 0.223 e. The molecule has 1 rings (SSSR count). The molecule has 0 bridgehead atoms. The lowest BCUT2D eigenvalue weighted by Crippen LogP contribution is -2.15. The quantitative estimate of drug-likeness (QED) is 0.500. The van der Waals surface area contributed by atoms with Gasteiger partial charge in [-0.05, 0) is 19.4 Å². The minimum absolute atomic E-state index is 0.224. The Bertz CT molecular complexity index is 349. The fourth-order valence-electron chi connectivity index (χ4n) is 1.16. The summed E-state index contributed by atoms with van der Waals surface area (Å²) >= 11 is 1.41. The van der Waals surface area contributed by atoms with E-state index in [1.807, 2.05) is 13.0 Å². The van der Waals surface area contributed by atoms with E-state index in [0.29, 0.717) is 11.7 Å². The molecule has 1 unspecified atom stereocenters. The Hall–Kier alpha value is -0.850. The van der Waals surface area contributed by atoms with E-state index in [0.717, 1.165) is 23.7 Å². The molecule has 0 aliphatic carbocycles. The van der Waals surface area contributed by atoms with Crippen LogP contribution in [-0.4, -0.2) is 45.2 Å². The number of hydrogen-bond donors (Lipinski definition) is 3. The van der Waals surface area contributed by atoms with Crippen LogP contribution in [0.3, 0.4) is 0 Å². The van der Waals surface area contributed by atoms with Crippen LogP contribution in [0.1, 0.15) is 19.0 Å². The van der Waals surface area contributed by atoms with Crippen molar-refractivity contribution in [2.24, 2.45) is 0 Å². The summed E-state index contributed by atoms with van der Waals surface area (Å²) in [5, 5.41) is 21.9. The maximum absolute atomic E-state index is 9.27. The minimum atomic E-state index is -0.706. The van der Waals surface area contributed by atoms with Gasteiger partial charge in [-0.25, -0.2) is 9.97 Å². The number of nitrogens with one attached hydrogen (secondary N) is 1. The van der Waals surface area contributed by atoms with E-state index in [4.69, 9.17) is 5.11 Å². The molecule has 0 radical (unpaired) electrons. The van der Waals surface area contributed by atoms with E-state index >= 15 is 0 Å². The fraction of sp³-hybridized carbons (Fsp3) is 0.636. The van der Waals surface area contributed by atoms with Gasteiger partial charge in [0.1, 0.15) is 5.03 Å². The molecule has 0 aliphatic heterocycles. The van der Waals surface area contributed by atoms with Gasteiger partial charge in [0, 0.05) is 18.0 Å². The van der Waals surface area contributed by atoms with Gasteiger partial charge in [0.25, 0.3) is 0 Å². The molecule has 1 heterocycles. The predicted octanol–water partition coefficient (Wildman–Crippen LogP) is 1.05. The van der Waals surface area contributed by atoms with Crippen LogP contribution in [0, 0.1) is 6.92 Å². The van der Waals surface area contributed by atoms with Crippen molar-refractivity contribution in [3.63, 3.8) is 0 Å². The molecule has 0 aliphatic rings.